The number of Topliss-reactive ketones (excluding diaryl/α,β-unsaturated/α-hetero) is 1. The summed E-state index contributed by atoms with van der Waals surface area (Å²) in [4.78, 5) is 16.5. The second-order valence-electron chi connectivity index (χ2n) is 6.02. The Morgan fingerprint density at radius 3 is 2.70 bits per heavy atom. The van der Waals surface area contributed by atoms with Gasteiger partial charge in [-0.1, -0.05) is 12.1 Å². The molecule has 5 nitrogen and oxygen atoms in total. The average Bonchev–Trinajstić information content (AvgIpc) is 3.02. The van der Waals surface area contributed by atoms with Crippen molar-refractivity contribution in [1.29, 1.82) is 0 Å². The molecule has 0 fully saturated rings. The first-order valence-corrected chi connectivity index (χ1v) is 8.47. The molecule has 0 atom stereocenters. The molecule has 2 heterocycles. The van der Waals surface area contributed by atoms with E-state index in [2.05, 4.69) is 4.98 Å². The van der Waals surface area contributed by atoms with E-state index in [1.807, 2.05) is 36.4 Å². The summed E-state index contributed by atoms with van der Waals surface area (Å²) in [5.74, 6) is 2.07. The van der Waals surface area contributed by atoms with E-state index < -0.39 is 0 Å². The Hall–Kier alpha value is -3.60. The maximum atomic E-state index is 12.5. The van der Waals surface area contributed by atoms with E-state index >= 15 is 0 Å². The van der Waals surface area contributed by atoms with Crippen LogP contribution in [0.15, 0.2) is 72.8 Å². The molecular weight excluding hydrogens is 342 g/mol. The first-order chi connectivity index (χ1) is 13.2. The maximum absolute atomic E-state index is 12.5. The average molecular weight is 359 g/mol. The minimum absolute atomic E-state index is 0.138. The zero-order valence-corrected chi connectivity index (χ0v) is 14.7. The number of methoxy groups -OCH3 is 1. The van der Waals surface area contributed by atoms with E-state index in [1.54, 1.807) is 43.8 Å². The predicted octanol–water partition coefficient (Wildman–Crippen LogP) is 4.29. The van der Waals surface area contributed by atoms with Crippen molar-refractivity contribution in [3.05, 3.63) is 89.4 Å². The summed E-state index contributed by atoms with van der Waals surface area (Å²) in [5.41, 5.74) is 2.38. The lowest BCUT2D eigenvalue weighted by Crippen LogP contribution is -1.98. The van der Waals surface area contributed by atoms with Crippen LogP contribution in [0.3, 0.4) is 0 Å². The van der Waals surface area contributed by atoms with Crippen LogP contribution in [0.5, 0.6) is 17.2 Å². The topological polar surface area (TPSA) is 57.6 Å². The number of carbonyl (C=O) groups is 1. The summed E-state index contributed by atoms with van der Waals surface area (Å²) in [7, 11) is 1.63. The number of ether oxygens (including phenoxy) is 3. The Morgan fingerprint density at radius 2 is 1.89 bits per heavy atom. The lowest BCUT2D eigenvalue weighted by atomic mass is 10.1. The van der Waals surface area contributed by atoms with Crippen LogP contribution >= 0.6 is 0 Å². The van der Waals surface area contributed by atoms with Crippen molar-refractivity contribution in [3.63, 3.8) is 0 Å². The first kappa shape index (κ1) is 16.8. The van der Waals surface area contributed by atoms with Gasteiger partial charge < -0.3 is 14.2 Å². The third-order valence-corrected chi connectivity index (χ3v) is 4.18. The molecule has 27 heavy (non-hydrogen) atoms. The smallest absolute Gasteiger partial charge is 0.231 e. The van der Waals surface area contributed by atoms with Crippen molar-refractivity contribution < 1.29 is 19.0 Å². The molecule has 0 amide bonds. The Bertz CT molecular complexity index is 1010. The van der Waals surface area contributed by atoms with Crippen molar-refractivity contribution in [2.75, 3.05) is 7.11 Å². The monoisotopic (exact) mass is 359 g/mol. The second kappa shape index (κ2) is 7.33. The van der Waals surface area contributed by atoms with Gasteiger partial charge in [-0.15, -0.1) is 0 Å². The summed E-state index contributed by atoms with van der Waals surface area (Å²) < 4.78 is 16.8. The Labute approximate surface area is 156 Å². The number of pyridine rings is 1. The summed E-state index contributed by atoms with van der Waals surface area (Å²) in [6, 6.07) is 16.6. The van der Waals surface area contributed by atoms with E-state index in [0.29, 0.717) is 29.4 Å². The fourth-order valence-corrected chi connectivity index (χ4v) is 2.80. The van der Waals surface area contributed by atoms with Crippen molar-refractivity contribution in [1.82, 2.24) is 4.98 Å². The lowest BCUT2D eigenvalue weighted by Gasteiger charge is -2.08. The predicted molar refractivity (Wildman–Crippen MR) is 101 cm³/mol. The van der Waals surface area contributed by atoms with Gasteiger partial charge in [-0.2, -0.15) is 0 Å². The van der Waals surface area contributed by atoms with Gasteiger partial charge in [0.25, 0.3) is 0 Å². The van der Waals surface area contributed by atoms with Gasteiger partial charge in [0.05, 0.1) is 12.7 Å². The fourth-order valence-electron chi connectivity index (χ4n) is 2.80. The van der Waals surface area contributed by atoms with Gasteiger partial charge in [0.1, 0.15) is 23.9 Å². The highest BCUT2D eigenvalue weighted by atomic mass is 16.5. The summed E-state index contributed by atoms with van der Waals surface area (Å²) >= 11 is 0. The van der Waals surface area contributed by atoms with Gasteiger partial charge in [0, 0.05) is 18.5 Å². The van der Waals surface area contributed by atoms with Crippen LogP contribution in [0.1, 0.15) is 21.5 Å². The second-order valence-corrected chi connectivity index (χ2v) is 6.02. The number of aromatic nitrogens is 1. The van der Waals surface area contributed by atoms with Crippen LogP contribution < -0.4 is 14.2 Å². The summed E-state index contributed by atoms with van der Waals surface area (Å²) in [5, 5.41) is 0. The number of rotatable bonds is 5. The van der Waals surface area contributed by atoms with Crippen LogP contribution in [0, 0.1) is 0 Å². The molecule has 1 aliphatic heterocycles. The largest absolute Gasteiger partial charge is 0.497 e. The van der Waals surface area contributed by atoms with Crippen LogP contribution in [-0.4, -0.2) is 17.9 Å². The minimum Gasteiger partial charge on any atom is -0.497 e. The molecule has 1 aliphatic rings. The van der Waals surface area contributed by atoms with Gasteiger partial charge in [0.2, 0.25) is 5.78 Å². The number of hydrogen-bond acceptors (Lipinski definition) is 5. The fraction of sp³-hybridized carbons (Fsp3) is 0.0909. The third-order valence-electron chi connectivity index (χ3n) is 4.18. The third kappa shape index (κ3) is 3.67. The highest BCUT2D eigenvalue weighted by Crippen LogP contribution is 2.35. The van der Waals surface area contributed by atoms with E-state index in [1.165, 1.54) is 0 Å². The Morgan fingerprint density at radius 1 is 1.04 bits per heavy atom. The molecule has 0 radical (unpaired) electrons. The first-order valence-electron chi connectivity index (χ1n) is 8.47. The zero-order valence-electron chi connectivity index (χ0n) is 14.7. The molecule has 134 valence electrons. The zero-order chi connectivity index (χ0) is 18.6. The number of carbonyl (C=O) groups excluding carboxylic acids is 1. The molecule has 0 bridgehead atoms. The number of benzene rings is 2. The quantitative estimate of drug-likeness (QED) is 0.636. The Balaban J connectivity index is 1.50. The number of hydrogen-bond donors (Lipinski definition) is 0. The van der Waals surface area contributed by atoms with Gasteiger partial charge in [-0.3, -0.25) is 9.78 Å². The summed E-state index contributed by atoms with van der Waals surface area (Å²) in [6.07, 6.45) is 5.05. The van der Waals surface area contributed by atoms with Crippen molar-refractivity contribution in [2.45, 2.75) is 6.61 Å². The molecule has 0 aliphatic carbocycles. The Kier molecular flexibility index (Phi) is 4.58. The summed E-state index contributed by atoms with van der Waals surface area (Å²) in [6.45, 7) is 0.393. The van der Waals surface area contributed by atoms with Crippen molar-refractivity contribution in [3.8, 4) is 17.2 Å². The molecule has 2 aromatic carbocycles. The number of nitrogens with zero attached hydrogens (tertiary/aromatic N) is 1. The van der Waals surface area contributed by atoms with Crippen LogP contribution in [0.4, 0.5) is 0 Å². The molecule has 3 aromatic rings. The molecular formula is C22H17NO4. The molecule has 0 unspecified atom stereocenters. The van der Waals surface area contributed by atoms with Gasteiger partial charge >= 0.3 is 0 Å². The van der Waals surface area contributed by atoms with Crippen LogP contribution in [0.25, 0.3) is 6.08 Å². The maximum Gasteiger partial charge on any atom is 0.231 e. The molecule has 4 rings (SSSR count). The van der Waals surface area contributed by atoms with Gasteiger partial charge in [-0.25, -0.2) is 0 Å². The minimum atomic E-state index is -0.138. The number of ketones is 1. The lowest BCUT2D eigenvalue weighted by molar-refractivity contribution is 0.101. The SMILES string of the molecule is COc1cccc(COc2ccc3c(c2)O/C(=C\c2ccncc2)C3=O)c1. The number of fused-ring (bicyclic) bond motifs is 1. The molecule has 1 aromatic heterocycles. The van der Waals surface area contributed by atoms with Crippen LogP contribution in [0.2, 0.25) is 0 Å². The van der Waals surface area contributed by atoms with E-state index in [4.69, 9.17) is 14.2 Å². The van der Waals surface area contributed by atoms with Crippen molar-refractivity contribution >= 4 is 11.9 Å². The molecule has 0 saturated heterocycles. The highest BCUT2D eigenvalue weighted by Gasteiger charge is 2.27. The van der Waals surface area contributed by atoms with Crippen molar-refractivity contribution in [2.24, 2.45) is 0 Å². The number of allylic oxidation sites excluding steroid dienone is 1. The molecule has 0 N–H and O–H groups in total. The van der Waals surface area contributed by atoms with Gasteiger partial charge in [-0.05, 0) is 53.6 Å². The van der Waals surface area contributed by atoms with Crippen LogP contribution in [-0.2, 0) is 6.61 Å². The molecule has 0 saturated carbocycles. The standard InChI is InChI=1S/C22H17NO4/c1-25-17-4-2-3-16(11-17)14-26-18-5-6-19-20(13-18)27-21(22(19)24)12-15-7-9-23-10-8-15/h2-13H,14H2,1H3/b21-12-. The van der Waals surface area contributed by atoms with E-state index in [9.17, 15) is 4.79 Å². The molecule has 5 heteroatoms. The van der Waals surface area contributed by atoms with E-state index in [0.717, 1.165) is 16.9 Å². The van der Waals surface area contributed by atoms with Gasteiger partial charge in [0.15, 0.2) is 5.76 Å². The normalized spacial score (nSPS) is 14.0. The van der Waals surface area contributed by atoms with E-state index in [-0.39, 0.29) is 5.78 Å². The molecule has 0 spiro atoms. The highest BCUT2D eigenvalue weighted by molar-refractivity contribution is 6.14.